The lowest BCUT2D eigenvalue weighted by molar-refractivity contribution is -0.117. The number of carbonyl (C=O) groups excluding carboxylic acids is 2. The quantitative estimate of drug-likeness (QED) is 0.919. The van der Waals surface area contributed by atoms with Crippen molar-refractivity contribution in [3.05, 3.63) is 47.5 Å². The molecule has 1 heterocycles. The summed E-state index contributed by atoms with van der Waals surface area (Å²) >= 11 is 0. The summed E-state index contributed by atoms with van der Waals surface area (Å²) in [5.41, 5.74) is 0.198. The first-order valence-electron chi connectivity index (χ1n) is 7.16. The van der Waals surface area contributed by atoms with Crippen LogP contribution in [0, 0.1) is 12.7 Å². The van der Waals surface area contributed by atoms with Crippen molar-refractivity contribution in [1.29, 1.82) is 0 Å². The van der Waals surface area contributed by atoms with E-state index in [2.05, 4.69) is 10.5 Å². The molecular weight excluding hydrogens is 301 g/mol. The maximum Gasteiger partial charge on any atom is 0.254 e. The molecule has 1 aromatic heterocycles. The van der Waals surface area contributed by atoms with Gasteiger partial charge in [0.05, 0.1) is 0 Å². The van der Waals surface area contributed by atoms with Gasteiger partial charge in [-0.25, -0.2) is 4.39 Å². The molecule has 0 radical (unpaired) electrons. The Morgan fingerprint density at radius 3 is 2.65 bits per heavy atom. The van der Waals surface area contributed by atoms with Crippen molar-refractivity contribution in [2.75, 3.05) is 11.9 Å². The van der Waals surface area contributed by atoms with Crippen LogP contribution < -0.4 is 5.32 Å². The number of hydrogen-bond donors (Lipinski definition) is 1. The fourth-order valence-corrected chi connectivity index (χ4v) is 2.04. The second kappa shape index (κ2) is 7.04. The van der Waals surface area contributed by atoms with E-state index in [-0.39, 0.29) is 24.0 Å². The minimum atomic E-state index is -0.498. The van der Waals surface area contributed by atoms with Crippen LogP contribution in [0.5, 0.6) is 0 Å². The van der Waals surface area contributed by atoms with E-state index >= 15 is 0 Å². The molecule has 0 saturated carbocycles. The fourth-order valence-electron chi connectivity index (χ4n) is 2.04. The van der Waals surface area contributed by atoms with E-state index in [1.54, 1.807) is 26.8 Å². The second-order valence-electron chi connectivity index (χ2n) is 5.41. The fraction of sp³-hybridized carbons (Fsp3) is 0.312. The Bertz CT molecular complexity index is 712. The zero-order valence-corrected chi connectivity index (χ0v) is 13.2. The lowest BCUT2D eigenvalue weighted by Crippen LogP contribution is -2.42. The molecule has 2 amide bonds. The Labute approximate surface area is 133 Å². The summed E-state index contributed by atoms with van der Waals surface area (Å²) in [7, 11) is 0. The Morgan fingerprint density at radius 2 is 2.09 bits per heavy atom. The molecule has 0 aliphatic heterocycles. The molecule has 1 aromatic carbocycles. The van der Waals surface area contributed by atoms with Gasteiger partial charge < -0.3 is 14.7 Å². The Kier molecular flexibility index (Phi) is 5.10. The van der Waals surface area contributed by atoms with E-state index < -0.39 is 17.6 Å². The number of benzene rings is 1. The minimum absolute atomic E-state index is 0.168. The molecule has 2 aromatic rings. The van der Waals surface area contributed by atoms with Gasteiger partial charge in [0, 0.05) is 17.7 Å². The highest BCUT2D eigenvalue weighted by Crippen LogP contribution is 2.12. The number of carbonyl (C=O) groups is 2. The van der Waals surface area contributed by atoms with Crippen LogP contribution in [0.4, 0.5) is 10.2 Å². The van der Waals surface area contributed by atoms with Gasteiger partial charge in [-0.05, 0) is 39.0 Å². The predicted molar refractivity (Wildman–Crippen MR) is 82.4 cm³/mol. The van der Waals surface area contributed by atoms with Gasteiger partial charge >= 0.3 is 0 Å². The number of anilines is 1. The molecule has 0 aliphatic carbocycles. The number of halogens is 1. The monoisotopic (exact) mass is 319 g/mol. The molecule has 122 valence electrons. The SMILES string of the molecule is Cc1cc(NC(=O)CN(C(=O)c2cccc(F)c2)C(C)C)no1. The summed E-state index contributed by atoms with van der Waals surface area (Å²) in [6.07, 6.45) is 0. The van der Waals surface area contributed by atoms with E-state index in [0.717, 1.165) is 6.07 Å². The maximum absolute atomic E-state index is 13.3. The molecule has 2 rings (SSSR count). The highest BCUT2D eigenvalue weighted by molar-refractivity contribution is 5.99. The van der Waals surface area contributed by atoms with Gasteiger partial charge in [0.1, 0.15) is 18.1 Å². The number of amides is 2. The van der Waals surface area contributed by atoms with Gasteiger partial charge in [-0.15, -0.1) is 0 Å². The van der Waals surface area contributed by atoms with E-state index in [9.17, 15) is 14.0 Å². The van der Waals surface area contributed by atoms with Crippen LogP contribution in [0.2, 0.25) is 0 Å². The zero-order chi connectivity index (χ0) is 17.0. The molecular formula is C16H18FN3O3. The van der Waals surface area contributed by atoms with Gasteiger partial charge in [-0.3, -0.25) is 9.59 Å². The summed E-state index contributed by atoms with van der Waals surface area (Å²) in [5, 5.41) is 6.22. The highest BCUT2D eigenvalue weighted by Gasteiger charge is 2.22. The molecule has 0 aliphatic rings. The van der Waals surface area contributed by atoms with E-state index in [1.165, 1.54) is 23.1 Å². The summed E-state index contributed by atoms with van der Waals surface area (Å²) in [6, 6.07) is 6.73. The lowest BCUT2D eigenvalue weighted by Gasteiger charge is -2.26. The van der Waals surface area contributed by atoms with Crippen molar-refractivity contribution in [3.8, 4) is 0 Å². The average Bonchev–Trinajstić information content (AvgIpc) is 2.89. The number of nitrogens with zero attached hydrogens (tertiary/aromatic N) is 2. The molecule has 0 unspecified atom stereocenters. The van der Waals surface area contributed by atoms with Crippen molar-refractivity contribution >= 4 is 17.6 Å². The van der Waals surface area contributed by atoms with Crippen molar-refractivity contribution in [3.63, 3.8) is 0 Å². The molecule has 6 nitrogen and oxygen atoms in total. The summed E-state index contributed by atoms with van der Waals surface area (Å²) in [4.78, 5) is 25.9. The largest absolute Gasteiger partial charge is 0.360 e. The van der Waals surface area contributed by atoms with Crippen molar-refractivity contribution in [2.24, 2.45) is 0 Å². The zero-order valence-electron chi connectivity index (χ0n) is 13.2. The first-order valence-corrected chi connectivity index (χ1v) is 7.16. The first-order chi connectivity index (χ1) is 10.9. The summed E-state index contributed by atoms with van der Waals surface area (Å²) in [6.45, 7) is 5.10. The topological polar surface area (TPSA) is 75.4 Å². The van der Waals surface area contributed by atoms with Crippen molar-refractivity contribution in [2.45, 2.75) is 26.8 Å². The molecule has 1 N–H and O–H groups in total. The molecule has 0 bridgehead atoms. The Hall–Kier alpha value is -2.70. The van der Waals surface area contributed by atoms with Crippen LogP contribution in [0.15, 0.2) is 34.9 Å². The third-order valence-corrected chi connectivity index (χ3v) is 3.17. The van der Waals surface area contributed by atoms with Crippen LogP contribution in [-0.4, -0.2) is 34.5 Å². The average molecular weight is 319 g/mol. The molecule has 0 fully saturated rings. The number of aryl methyl sites for hydroxylation is 1. The van der Waals surface area contributed by atoms with E-state index in [4.69, 9.17) is 4.52 Å². The van der Waals surface area contributed by atoms with Crippen LogP contribution in [0.25, 0.3) is 0 Å². The van der Waals surface area contributed by atoms with E-state index in [0.29, 0.717) is 5.76 Å². The number of nitrogens with one attached hydrogen (secondary N) is 1. The summed E-state index contributed by atoms with van der Waals surface area (Å²) < 4.78 is 18.1. The van der Waals surface area contributed by atoms with Crippen molar-refractivity contribution in [1.82, 2.24) is 10.1 Å². The standard InChI is InChI=1S/C16H18FN3O3/c1-10(2)20(16(22)12-5-4-6-13(17)8-12)9-15(21)18-14-7-11(3)23-19-14/h4-8,10H,9H2,1-3H3,(H,18,19,21). The van der Waals surface area contributed by atoms with Crippen molar-refractivity contribution < 1.29 is 18.5 Å². The molecule has 23 heavy (non-hydrogen) atoms. The van der Waals surface area contributed by atoms with Crippen LogP contribution >= 0.6 is 0 Å². The van der Waals surface area contributed by atoms with Gasteiger partial charge in [0.25, 0.3) is 5.91 Å². The first kappa shape index (κ1) is 16.7. The van der Waals surface area contributed by atoms with Crippen LogP contribution in [0.1, 0.15) is 30.0 Å². The second-order valence-corrected chi connectivity index (χ2v) is 5.41. The van der Waals surface area contributed by atoms with Gasteiger partial charge in [0.2, 0.25) is 5.91 Å². The normalized spacial score (nSPS) is 10.7. The third kappa shape index (κ3) is 4.38. The Balaban J connectivity index is 2.09. The number of rotatable bonds is 5. The van der Waals surface area contributed by atoms with Crippen LogP contribution in [-0.2, 0) is 4.79 Å². The van der Waals surface area contributed by atoms with E-state index in [1.807, 2.05) is 0 Å². The smallest absolute Gasteiger partial charge is 0.254 e. The third-order valence-electron chi connectivity index (χ3n) is 3.17. The maximum atomic E-state index is 13.3. The summed E-state index contributed by atoms with van der Waals surface area (Å²) in [5.74, 6) is -0.462. The molecule has 0 saturated heterocycles. The number of hydrogen-bond acceptors (Lipinski definition) is 4. The van der Waals surface area contributed by atoms with Crippen LogP contribution in [0.3, 0.4) is 0 Å². The lowest BCUT2D eigenvalue weighted by atomic mass is 10.1. The highest BCUT2D eigenvalue weighted by atomic mass is 19.1. The molecule has 7 heteroatoms. The molecule has 0 spiro atoms. The number of aromatic nitrogens is 1. The predicted octanol–water partition coefficient (Wildman–Crippen LogP) is 2.61. The van der Waals surface area contributed by atoms with Gasteiger partial charge in [0.15, 0.2) is 5.82 Å². The Morgan fingerprint density at radius 1 is 1.35 bits per heavy atom. The van der Waals surface area contributed by atoms with Gasteiger partial charge in [-0.2, -0.15) is 0 Å². The molecule has 0 atom stereocenters. The minimum Gasteiger partial charge on any atom is -0.360 e. The van der Waals surface area contributed by atoms with Gasteiger partial charge in [-0.1, -0.05) is 11.2 Å².